The van der Waals surface area contributed by atoms with Crippen LogP contribution in [0.2, 0.25) is 0 Å². The maximum Gasteiger partial charge on any atom is 0.355 e. The lowest BCUT2D eigenvalue weighted by molar-refractivity contribution is 0.00856. The summed E-state index contributed by atoms with van der Waals surface area (Å²) in [6.07, 6.45) is 5.92. The van der Waals surface area contributed by atoms with Gasteiger partial charge in [-0.15, -0.1) is 0 Å². The van der Waals surface area contributed by atoms with Crippen LogP contribution in [0, 0.1) is 5.41 Å². The number of rotatable bonds is 2. The van der Waals surface area contributed by atoms with E-state index in [1.165, 1.54) is 0 Å². The minimum absolute atomic E-state index is 0.0571. The third kappa shape index (κ3) is 2.86. The first-order valence-corrected chi connectivity index (χ1v) is 6.50. The molecule has 0 saturated heterocycles. The Morgan fingerprint density at radius 2 is 2.06 bits per heavy atom. The molecule has 1 aliphatic rings. The summed E-state index contributed by atoms with van der Waals surface area (Å²) >= 11 is 0. The summed E-state index contributed by atoms with van der Waals surface area (Å²) in [7, 11) is 1.80. The summed E-state index contributed by atoms with van der Waals surface area (Å²) in [6.45, 7) is 4.53. The van der Waals surface area contributed by atoms with Gasteiger partial charge < -0.3 is 15.0 Å². The van der Waals surface area contributed by atoms with Crippen LogP contribution in [0.15, 0.2) is 12.3 Å². The summed E-state index contributed by atoms with van der Waals surface area (Å²) < 4.78 is 7.26. The number of hydrogen-bond acceptors (Lipinski definition) is 3. The topological polar surface area (TPSA) is 57.2 Å². The van der Waals surface area contributed by atoms with Crippen LogP contribution in [0.25, 0.3) is 0 Å². The average molecular weight is 250 g/mol. The molecule has 1 heterocycles. The SMILES string of the molecule is Cn1cc(N)cc1C(=O)OC1CCC(C)(C)CC1. The molecular formula is C14H22N2O2. The number of nitrogens with two attached hydrogens (primary N) is 1. The van der Waals surface area contributed by atoms with Crippen LogP contribution in [0.1, 0.15) is 50.0 Å². The number of aryl methyl sites for hydroxylation is 1. The molecule has 2 N–H and O–H groups in total. The van der Waals surface area contributed by atoms with Gasteiger partial charge in [0.2, 0.25) is 0 Å². The molecular weight excluding hydrogens is 228 g/mol. The Labute approximate surface area is 108 Å². The lowest BCUT2D eigenvalue weighted by Crippen LogP contribution is -2.28. The van der Waals surface area contributed by atoms with E-state index in [-0.39, 0.29) is 12.1 Å². The molecule has 1 aromatic rings. The molecule has 0 aliphatic heterocycles. The molecule has 4 heteroatoms. The van der Waals surface area contributed by atoms with Gasteiger partial charge >= 0.3 is 5.97 Å². The lowest BCUT2D eigenvalue weighted by atomic mass is 9.76. The lowest BCUT2D eigenvalue weighted by Gasteiger charge is -2.33. The molecule has 0 spiro atoms. The van der Waals surface area contributed by atoms with Gasteiger partial charge in [-0.25, -0.2) is 4.79 Å². The van der Waals surface area contributed by atoms with Crippen LogP contribution >= 0.6 is 0 Å². The largest absolute Gasteiger partial charge is 0.458 e. The highest BCUT2D eigenvalue weighted by Crippen LogP contribution is 2.36. The fourth-order valence-electron chi connectivity index (χ4n) is 2.50. The Kier molecular flexibility index (Phi) is 3.37. The van der Waals surface area contributed by atoms with E-state index in [0.717, 1.165) is 25.7 Å². The Morgan fingerprint density at radius 1 is 1.44 bits per heavy atom. The Balaban J connectivity index is 1.95. The molecule has 0 aromatic carbocycles. The molecule has 0 bridgehead atoms. The normalized spacial score (nSPS) is 19.7. The number of nitrogens with zero attached hydrogens (tertiary/aromatic N) is 1. The maximum absolute atomic E-state index is 12.0. The highest BCUT2D eigenvalue weighted by atomic mass is 16.5. The molecule has 0 amide bonds. The molecule has 2 rings (SSSR count). The fourth-order valence-corrected chi connectivity index (χ4v) is 2.50. The quantitative estimate of drug-likeness (QED) is 0.821. The first kappa shape index (κ1) is 13.0. The highest BCUT2D eigenvalue weighted by Gasteiger charge is 2.29. The number of anilines is 1. The molecule has 0 radical (unpaired) electrons. The van der Waals surface area contributed by atoms with E-state index in [1.54, 1.807) is 23.9 Å². The molecule has 0 unspecified atom stereocenters. The summed E-state index contributed by atoms with van der Waals surface area (Å²) in [4.78, 5) is 12.0. The average Bonchev–Trinajstić information content (AvgIpc) is 2.61. The van der Waals surface area contributed by atoms with Crippen LogP contribution in [-0.4, -0.2) is 16.6 Å². The minimum Gasteiger partial charge on any atom is -0.458 e. The smallest absolute Gasteiger partial charge is 0.355 e. The molecule has 1 aromatic heterocycles. The van der Waals surface area contributed by atoms with Gasteiger partial charge in [-0.1, -0.05) is 13.8 Å². The first-order valence-electron chi connectivity index (χ1n) is 6.50. The van der Waals surface area contributed by atoms with Gasteiger partial charge in [-0.05, 0) is 37.2 Å². The van der Waals surface area contributed by atoms with E-state index in [9.17, 15) is 4.79 Å². The van der Waals surface area contributed by atoms with E-state index in [0.29, 0.717) is 16.8 Å². The maximum atomic E-state index is 12.0. The number of ether oxygens (including phenoxy) is 1. The van der Waals surface area contributed by atoms with Crippen molar-refractivity contribution in [3.05, 3.63) is 18.0 Å². The molecule has 100 valence electrons. The van der Waals surface area contributed by atoms with Gasteiger partial charge in [0.05, 0.1) is 5.69 Å². The van der Waals surface area contributed by atoms with Crippen molar-refractivity contribution < 1.29 is 9.53 Å². The van der Waals surface area contributed by atoms with Crippen LogP contribution < -0.4 is 5.73 Å². The van der Waals surface area contributed by atoms with Crippen molar-refractivity contribution in [3.8, 4) is 0 Å². The van der Waals surface area contributed by atoms with Crippen molar-refractivity contribution in [2.24, 2.45) is 12.5 Å². The van der Waals surface area contributed by atoms with Crippen molar-refractivity contribution in [2.45, 2.75) is 45.6 Å². The second kappa shape index (κ2) is 4.67. The molecule has 4 nitrogen and oxygen atoms in total. The van der Waals surface area contributed by atoms with E-state index >= 15 is 0 Å². The molecule has 1 saturated carbocycles. The van der Waals surface area contributed by atoms with Crippen LogP contribution in [-0.2, 0) is 11.8 Å². The van der Waals surface area contributed by atoms with Crippen molar-refractivity contribution in [1.29, 1.82) is 0 Å². The Bertz CT molecular complexity index is 439. The van der Waals surface area contributed by atoms with E-state index in [4.69, 9.17) is 10.5 Å². The second-order valence-corrected chi connectivity index (χ2v) is 6.04. The predicted octanol–water partition coefficient (Wildman–Crippen LogP) is 2.73. The Morgan fingerprint density at radius 3 is 2.56 bits per heavy atom. The van der Waals surface area contributed by atoms with Gasteiger partial charge in [-0.2, -0.15) is 0 Å². The molecule has 1 fully saturated rings. The molecule has 1 aliphatic carbocycles. The standard InChI is InChI=1S/C14H22N2O2/c1-14(2)6-4-11(5-7-14)18-13(17)12-8-10(15)9-16(12)3/h8-9,11H,4-7,15H2,1-3H3. The van der Waals surface area contributed by atoms with Crippen LogP contribution in [0.4, 0.5) is 5.69 Å². The van der Waals surface area contributed by atoms with Crippen LogP contribution in [0.3, 0.4) is 0 Å². The zero-order chi connectivity index (χ0) is 13.3. The van der Waals surface area contributed by atoms with Gasteiger partial charge in [0.1, 0.15) is 11.8 Å². The molecule has 18 heavy (non-hydrogen) atoms. The number of carbonyl (C=O) groups excluding carboxylic acids is 1. The highest BCUT2D eigenvalue weighted by molar-refractivity contribution is 5.89. The van der Waals surface area contributed by atoms with E-state index < -0.39 is 0 Å². The number of hydrogen-bond donors (Lipinski definition) is 1. The summed E-state index contributed by atoms with van der Waals surface area (Å²) in [5.41, 5.74) is 7.16. The van der Waals surface area contributed by atoms with E-state index in [2.05, 4.69) is 13.8 Å². The van der Waals surface area contributed by atoms with Crippen molar-refractivity contribution in [3.63, 3.8) is 0 Å². The number of carbonyl (C=O) groups is 1. The van der Waals surface area contributed by atoms with Gasteiger partial charge in [0.25, 0.3) is 0 Å². The van der Waals surface area contributed by atoms with Gasteiger partial charge in [0, 0.05) is 13.2 Å². The van der Waals surface area contributed by atoms with Gasteiger partial charge in [-0.3, -0.25) is 0 Å². The third-order valence-electron chi connectivity index (χ3n) is 3.80. The molecule has 0 atom stereocenters. The Hall–Kier alpha value is -1.45. The van der Waals surface area contributed by atoms with Crippen molar-refractivity contribution in [1.82, 2.24) is 4.57 Å². The zero-order valence-electron chi connectivity index (χ0n) is 11.4. The minimum atomic E-state index is -0.265. The second-order valence-electron chi connectivity index (χ2n) is 6.04. The van der Waals surface area contributed by atoms with Crippen molar-refractivity contribution >= 4 is 11.7 Å². The van der Waals surface area contributed by atoms with E-state index in [1.807, 2.05) is 0 Å². The number of aromatic nitrogens is 1. The number of nitrogen functional groups attached to an aromatic ring is 1. The summed E-state index contributed by atoms with van der Waals surface area (Å²) in [6, 6.07) is 1.66. The third-order valence-corrected chi connectivity index (χ3v) is 3.80. The van der Waals surface area contributed by atoms with Crippen LogP contribution in [0.5, 0.6) is 0 Å². The monoisotopic (exact) mass is 250 g/mol. The van der Waals surface area contributed by atoms with Crippen molar-refractivity contribution in [2.75, 3.05) is 5.73 Å². The fraction of sp³-hybridized carbons (Fsp3) is 0.643. The summed E-state index contributed by atoms with van der Waals surface area (Å²) in [5, 5.41) is 0. The number of esters is 1. The predicted molar refractivity (Wildman–Crippen MR) is 71.3 cm³/mol. The first-order chi connectivity index (χ1) is 8.37. The zero-order valence-corrected chi connectivity index (χ0v) is 11.4. The summed E-state index contributed by atoms with van der Waals surface area (Å²) in [5.74, 6) is -0.265. The van der Waals surface area contributed by atoms with Gasteiger partial charge in [0.15, 0.2) is 0 Å².